The first-order valence-corrected chi connectivity index (χ1v) is 8.87. The normalized spacial score (nSPS) is 50.6. The van der Waals surface area contributed by atoms with E-state index in [1.807, 2.05) is 11.9 Å². The van der Waals surface area contributed by atoms with Gasteiger partial charge >= 0.3 is 0 Å². The van der Waals surface area contributed by atoms with Gasteiger partial charge in [0.1, 0.15) is 5.78 Å². The fourth-order valence-electron chi connectivity index (χ4n) is 6.51. The topological polar surface area (TPSA) is 37.4 Å². The summed E-state index contributed by atoms with van der Waals surface area (Å²) in [5, 5.41) is 0. The summed E-state index contributed by atoms with van der Waals surface area (Å²) in [6.45, 7) is 4.58. The second-order valence-corrected chi connectivity index (χ2v) is 8.54. The Morgan fingerprint density at radius 2 is 1.86 bits per heavy atom. The Hall–Kier alpha value is -1.12. The van der Waals surface area contributed by atoms with Gasteiger partial charge in [0, 0.05) is 30.3 Å². The van der Waals surface area contributed by atoms with E-state index >= 15 is 0 Å². The van der Waals surface area contributed by atoms with Gasteiger partial charge in [-0.3, -0.25) is 9.59 Å². The lowest BCUT2D eigenvalue weighted by Gasteiger charge is -2.59. The predicted octanol–water partition coefficient (Wildman–Crippen LogP) is 3.19. The number of nitrogens with zero attached hydrogens (tertiary/aromatic N) is 1. The van der Waals surface area contributed by atoms with Gasteiger partial charge in [0.15, 0.2) is 0 Å². The van der Waals surface area contributed by atoms with Crippen molar-refractivity contribution in [2.24, 2.45) is 28.6 Å². The molecular weight excluding hydrogens is 274 g/mol. The van der Waals surface area contributed by atoms with E-state index in [2.05, 4.69) is 19.9 Å². The van der Waals surface area contributed by atoms with Crippen molar-refractivity contribution < 1.29 is 9.59 Å². The van der Waals surface area contributed by atoms with Gasteiger partial charge in [-0.05, 0) is 55.9 Å². The first-order chi connectivity index (χ1) is 10.4. The van der Waals surface area contributed by atoms with Crippen LogP contribution < -0.4 is 0 Å². The second-order valence-electron chi connectivity index (χ2n) is 8.54. The van der Waals surface area contributed by atoms with E-state index in [0.717, 1.165) is 32.1 Å². The number of Topliss-reactive ketones (excluding diaryl/α,β-unsaturated/α-hetero) is 1. The number of rotatable bonds is 0. The third kappa shape index (κ3) is 1.63. The van der Waals surface area contributed by atoms with Crippen molar-refractivity contribution in [3.8, 4) is 0 Å². The Balaban J connectivity index is 1.71. The summed E-state index contributed by atoms with van der Waals surface area (Å²) in [6, 6.07) is 0.340. The zero-order valence-corrected chi connectivity index (χ0v) is 14.0. The van der Waals surface area contributed by atoms with E-state index in [-0.39, 0.29) is 16.7 Å². The fourth-order valence-corrected chi connectivity index (χ4v) is 6.51. The number of fused-ring (bicyclic) bond motifs is 5. The van der Waals surface area contributed by atoms with Crippen molar-refractivity contribution in [3.63, 3.8) is 0 Å². The van der Waals surface area contributed by atoms with Crippen molar-refractivity contribution in [1.29, 1.82) is 0 Å². The van der Waals surface area contributed by atoms with Gasteiger partial charge in [-0.25, -0.2) is 0 Å². The number of amides is 1. The molecule has 0 radical (unpaired) electrons. The SMILES string of the molecule is CN1C(=O)C=C[C@]2(C)C3CC[C@]4(C)C(=O)CC[C@H]4C3CC[C@@H]12. The van der Waals surface area contributed by atoms with Crippen molar-refractivity contribution in [3.05, 3.63) is 12.2 Å². The third-order valence-corrected chi connectivity index (χ3v) is 7.84. The minimum Gasteiger partial charge on any atom is -0.338 e. The zero-order valence-electron chi connectivity index (χ0n) is 14.0. The second kappa shape index (κ2) is 4.46. The smallest absolute Gasteiger partial charge is 0.246 e. The summed E-state index contributed by atoms with van der Waals surface area (Å²) >= 11 is 0. The Morgan fingerprint density at radius 1 is 1.09 bits per heavy atom. The number of likely N-dealkylation sites (N-methyl/N-ethyl adjacent to an activating group) is 1. The van der Waals surface area contributed by atoms with E-state index in [9.17, 15) is 9.59 Å². The van der Waals surface area contributed by atoms with Gasteiger partial charge < -0.3 is 4.90 Å². The zero-order chi connectivity index (χ0) is 15.7. The van der Waals surface area contributed by atoms with Crippen LogP contribution in [0.1, 0.15) is 52.4 Å². The highest BCUT2D eigenvalue weighted by Crippen LogP contribution is 2.62. The van der Waals surface area contributed by atoms with Crippen LogP contribution in [-0.4, -0.2) is 29.7 Å². The van der Waals surface area contributed by atoms with E-state index in [4.69, 9.17) is 0 Å². The Bertz CT molecular complexity index is 568. The molecule has 4 rings (SSSR count). The minimum atomic E-state index is -0.0511. The van der Waals surface area contributed by atoms with Gasteiger partial charge in [-0.2, -0.15) is 0 Å². The number of hydrogen-bond donors (Lipinski definition) is 0. The van der Waals surface area contributed by atoms with Crippen LogP contribution >= 0.6 is 0 Å². The molecule has 3 nitrogen and oxygen atoms in total. The molecule has 0 N–H and O–H groups in total. The highest BCUT2D eigenvalue weighted by Gasteiger charge is 2.60. The monoisotopic (exact) mass is 301 g/mol. The van der Waals surface area contributed by atoms with Gasteiger partial charge in [0.2, 0.25) is 5.91 Å². The summed E-state index contributed by atoms with van der Waals surface area (Å²) in [4.78, 5) is 26.4. The van der Waals surface area contributed by atoms with Crippen LogP contribution in [0.15, 0.2) is 12.2 Å². The number of ketones is 1. The number of hydrogen-bond acceptors (Lipinski definition) is 2. The summed E-state index contributed by atoms with van der Waals surface area (Å²) in [5.41, 5.74) is 0.0447. The Morgan fingerprint density at radius 3 is 2.64 bits per heavy atom. The first-order valence-electron chi connectivity index (χ1n) is 8.87. The van der Waals surface area contributed by atoms with Gasteiger partial charge in [0.05, 0.1) is 0 Å². The lowest BCUT2D eigenvalue weighted by Crippen LogP contribution is -2.59. The molecule has 0 bridgehead atoms. The van der Waals surface area contributed by atoms with Gasteiger partial charge in [-0.1, -0.05) is 19.9 Å². The standard InChI is InChI=1S/C19H27NO2/c1-18-11-9-17(22)20(3)15(18)6-4-12-13-5-7-16(21)19(13,2)10-8-14(12)18/h9,11-15H,4-8,10H2,1-3H3/t12?,13-,14?,15+,18+,19-/m0/s1. The van der Waals surface area contributed by atoms with Crippen LogP contribution in [0.4, 0.5) is 0 Å². The molecule has 3 aliphatic carbocycles. The molecule has 1 heterocycles. The van der Waals surface area contributed by atoms with Crippen molar-refractivity contribution in [2.75, 3.05) is 7.05 Å². The maximum atomic E-state index is 12.4. The summed E-state index contributed by atoms with van der Waals surface area (Å²) in [7, 11) is 1.96. The molecule has 0 aromatic rings. The summed E-state index contributed by atoms with van der Waals surface area (Å²) < 4.78 is 0. The van der Waals surface area contributed by atoms with E-state index in [0.29, 0.717) is 29.6 Å². The van der Waals surface area contributed by atoms with E-state index < -0.39 is 0 Å². The van der Waals surface area contributed by atoms with E-state index in [1.165, 1.54) is 6.42 Å². The summed E-state index contributed by atoms with van der Waals surface area (Å²) in [6.07, 6.45) is 10.3. The molecule has 4 aliphatic rings. The molecule has 3 saturated carbocycles. The van der Waals surface area contributed by atoms with Crippen molar-refractivity contribution in [1.82, 2.24) is 4.90 Å². The van der Waals surface area contributed by atoms with Crippen LogP contribution in [0.25, 0.3) is 0 Å². The third-order valence-electron chi connectivity index (χ3n) is 7.84. The van der Waals surface area contributed by atoms with Crippen molar-refractivity contribution in [2.45, 2.75) is 58.4 Å². The maximum absolute atomic E-state index is 12.4. The molecular formula is C19H27NO2. The lowest BCUT2D eigenvalue weighted by atomic mass is 9.48. The molecule has 1 aliphatic heterocycles. The molecule has 1 amide bonds. The fraction of sp³-hybridized carbons (Fsp3) is 0.789. The van der Waals surface area contributed by atoms with Crippen LogP contribution in [0.2, 0.25) is 0 Å². The van der Waals surface area contributed by atoms with Crippen LogP contribution in [0.5, 0.6) is 0 Å². The Kier molecular flexibility index (Phi) is 2.93. The molecule has 120 valence electrons. The van der Waals surface area contributed by atoms with Crippen molar-refractivity contribution >= 4 is 11.7 Å². The number of carbonyl (C=O) groups excluding carboxylic acids is 2. The lowest BCUT2D eigenvalue weighted by molar-refractivity contribution is -0.141. The molecule has 3 heteroatoms. The Labute approximate surface area is 133 Å². The minimum absolute atomic E-state index is 0.0511. The largest absolute Gasteiger partial charge is 0.338 e. The molecule has 3 fully saturated rings. The molecule has 0 aromatic heterocycles. The van der Waals surface area contributed by atoms with Crippen LogP contribution in [0.3, 0.4) is 0 Å². The highest BCUT2D eigenvalue weighted by atomic mass is 16.2. The quantitative estimate of drug-likeness (QED) is 0.689. The highest BCUT2D eigenvalue weighted by molar-refractivity contribution is 5.89. The summed E-state index contributed by atoms with van der Waals surface area (Å²) in [5.74, 6) is 2.53. The average Bonchev–Trinajstić information content (AvgIpc) is 2.79. The molecule has 0 spiro atoms. The molecule has 0 aromatic carbocycles. The first kappa shape index (κ1) is 14.5. The van der Waals surface area contributed by atoms with Gasteiger partial charge in [-0.15, -0.1) is 0 Å². The number of carbonyl (C=O) groups is 2. The maximum Gasteiger partial charge on any atom is 0.246 e. The molecule has 2 unspecified atom stereocenters. The van der Waals surface area contributed by atoms with Crippen LogP contribution in [-0.2, 0) is 9.59 Å². The average molecular weight is 301 g/mol. The molecule has 22 heavy (non-hydrogen) atoms. The van der Waals surface area contributed by atoms with Crippen LogP contribution in [0, 0.1) is 28.6 Å². The predicted molar refractivity (Wildman–Crippen MR) is 85.1 cm³/mol. The molecule has 6 atom stereocenters. The van der Waals surface area contributed by atoms with E-state index in [1.54, 1.807) is 6.08 Å². The van der Waals surface area contributed by atoms with Gasteiger partial charge in [0.25, 0.3) is 0 Å². The molecule has 0 saturated heterocycles.